The van der Waals surface area contributed by atoms with E-state index in [1.807, 2.05) is 31.2 Å². The zero-order valence-corrected chi connectivity index (χ0v) is 13.7. The summed E-state index contributed by atoms with van der Waals surface area (Å²) in [6.07, 6.45) is 0.823. The lowest BCUT2D eigenvalue weighted by Crippen LogP contribution is -2.00. The molecule has 0 spiro atoms. The molecule has 0 saturated heterocycles. The van der Waals surface area contributed by atoms with Gasteiger partial charge in [-0.3, -0.25) is 4.98 Å². The number of pyridine rings is 2. The zero-order valence-electron chi connectivity index (χ0n) is 13.0. The maximum Gasteiger partial charge on any atom is 0.219 e. The maximum atomic E-state index is 5.96. The molecule has 0 saturated carbocycles. The lowest BCUT2D eigenvalue weighted by molar-refractivity contribution is 0.450. The van der Waals surface area contributed by atoms with E-state index in [9.17, 15) is 0 Å². The summed E-state index contributed by atoms with van der Waals surface area (Å²) in [5.74, 6) is 2.12. The lowest BCUT2D eigenvalue weighted by atomic mass is 10.1. The van der Waals surface area contributed by atoms with Crippen LogP contribution in [-0.2, 0) is 12.3 Å². The third kappa shape index (κ3) is 3.94. The zero-order chi connectivity index (χ0) is 15.4. The Kier molecular flexibility index (Phi) is 5.18. The number of ether oxygens (including phenoxy) is 1. The van der Waals surface area contributed by atoms with Crippen molar-refractivity contribution in [2.75, 3.05) is 0 Å². The molecule has 2 rings (SSSR count). The average Bonchev–Trinajstić information content (AvgIpc) is 2.48. The first-order valence-electron chi connectivity index (χ1n) is 7.24. The molecule has 0 N–H and O–H groups in total. The number of nitrogens with zero attached hydrogens (tertiary/aromatic N) is 2. The summed E-state index contributed by atoms with van der Waals surface area (Å²) < 4.78 is 5.96. The Morgan fingerprint density at radius 3 is 2.57 bits per heavy atom. The van der Waals surface area contributed by atoms with Crippen LogP contribution in [0.15, 0.2) is 24.3 Å². The van der Waals surface area contributed by atoms with Crippen LogP contribution in [0.4, 0.5) is 0 Å². The first-order chi connectivity index (χ1) is 10.0. The number of hydrogen-bond acceptors (Lipinski definition) is 3. The highest BCUT2D eigenvalue weighted by Gasteiger charge is 2.10. The Labute approximate surface area is 131 Å². The van der Waals surface area contributed by atoms with Crippen LogP contribution in [0.1, 0.15) is 49.3 Å². The van der Waals surface area contributed by atoms with Gasteiger partial charge in [0, 0.05) is 23.3 Å². The van der Waals surface area contributed by atoms with Crippen molar-refractivity contribution >= 4 is 11.6 Å². The van der Waals surface area contributed by atoms with E-state index in [0.29, 0.717) is 17.7 Å². The Morgan fingerprint density at radius 2 is 1.95 bits per heavy atom. The molecule has 112 valence electrons. The van der Waals surface area contributed by atoms with Crippen molar-refractivity contribution in [2.45, 2.75) is 45.9 Å². The topological polar surface area (TPSA) is 35.0 Å². The second-order valence-electron chi connectivity index (χ2n) is 5.38. The van der Waals surface area contributed by atoms with Gasteiger partial charge < -0.3 is 4.74 Å². The Morgan fingerprint density at radius 1 is 1.19 bits per heavy atom. The largest absolute Gasteiger partial charge is 0.437 e. The molecule has 2 aromatic heterocycles. The maximum absolute atomic E-state index is 5.96. The molecule has 0 aliphatic heterocycles. The van der Waals surface area contributed by atoms with E-state index in [4.69, 9.17) is 16.3 Å². The summed E-state index contributed by atoms with van der Waals surface area (Å²) in [6.45, 7) is 8.26. The third-order valence-corrected chi connectivity index (χ3v) is 3.56. The molecule has 3 nitrogen and oxygen atoms in total. The fourth-order valence-electron chi connectivity index (χ4n) is 2.06. The van der Waals surface area contributed by atoms with E-state index in [1.165, 1.54) is 0 Å². The fourth-order valence-corrected chi connectivity index (χ4v) is 2.22. The minimum atomic E-state index is 0.331. The van der Waals surface area contributed by atoms with E-state index in [-0.39, 0.29) is 0 Å². The number of aryl methyl sites for hydroxylation is 2. The lowest BCUT2D eigenvalue weighted by Gasteiger charge is -2.13. The van der Waals surface area contributed by atoms with Gasteiger partial charge in [-0.05, 0) is 43.0 Å². The van der Waals surface area contributed by atoms with Crippen LogP contribution < -0.4 is 4.74 Å². The molecular formula is C17H21ClN2O. The predicted molar refractivity (Wildman–Crippen MR) is 86.3 cm³/mol. The average molecular weight is 305 g/mol. The summed E-state index contributed by atoms with van der Waals surface area (Å²) in [6, 6.07) is 7.81. The third-order valence-electron chi connectivity index (χ3n) is 3.25. The quantitative estimate of drug-likeness (QED) is 0.729. The van der Waals surface area contributed by atoms with Crippen LogP contribution in [0.3, 0.4) is 0 Å². The number of hydrogen-bond donors (Lipinski definition) is 0. The number of rotatable bonds is 5. The van der Waals surface area contributed by atoms with Crippen LogP contribution in [0, 0.1) is 6.92 Å². The van der Waals surface area contributed by atoms with Gasteiger partial charge in [-0.15, -0.1) is 11.6 Å². The summed E-state index contributed by atoms with van der Waals surface area (Å²) in [4.78, 5) is 9.07. The molecule has 2 heterocycles. The minimum Gasteiger partial charge on any atom is -0.437 e. The molecule has 0 aromatic carbocycles. The van der Waals surface area contributed by atoms with Gasteiger partial charge in [0.25, 0.3) is 0 Å². The predicted octanol–water partition coefficient (Wildman–Crippen LogP) is 5.00. The molecule has 4 heteroatoms. The van der Waals surface area contributed by atoms with E-state index < -0.39 is 0 Å². The van der Waals surface area contributed by atoms with Gasteiger partial charge in [0.2, 0.25) is 5.88 Å². The van der Waals surface area contributed by atoms with E-state index in [1.54, 1.807) is 0 Å². The SMILES string of the molecule is CCc1nc(C)ccc1Oc1cc(CCl)cc(C(C)C)n1. The monoisotopic (exact) mass is 304 g/mol. The second kappa shape index (κ2) is 6.90. The number of halogens is 1. The molecule has 0 aliphatic carbocycles. The van der Waals surface area contributed by atoms with Crippen molar-refractivity contribution < 1.29 is 4.74 Å². The van der Waals surface area contributed by atoms with Gasteiger partial charge in [-0.2, -0.15) is 0 Å². The summed E-state index contributed by atoms with van der Waals surface area (Å²) in [5.41, 5.74) is 3.94. The summed E-state index contributed by atoms with van der Waals surface area (Å²) in [5, 5.41) is 0. The first kappa shape index (κ1) is 15.8. The van der Waals surface area contributed by atoms with Gasteiger partial charge in [0.05, 0.1) is 5.69 Å². The normalized spacial score (nSPS) is 11.0. The fraction of sp³-hybridized carbons (Fsp3) is 0.412. The highest BCUT2D eigenvalue weighted by atomic mass is 35.5. The van der Waals surface area contributed by atoms with E-state index in [2.05, 4.69) is 30.7 Å². The number of aromatic nitrogens is 2. The summed E-state index contributed by atoms with van der Waals surface area (Å²) in [7, 11) is 0. The molecule has 0 atom stereocenters. The smallest absolute Gasteiger partial charge is 0.219 e. The summed E-state index contributed by atoms with van der Waals surface area (Å²) >= 11 is 5.96. The molecule has 0 radical (unpaired) electrons. The van der Waals surface area contributed by atoms with Crippen LogP contribution in [0.2, 0.25) is 0 Å². The van der Waals surface area contributed by atoms with E-state index >= 15 is 0 Å². The highest BCUT2D eigenvalue weighted by molar-refractivity contribution is 6.17. The van der Waals surface area contributed by atoms with Crippen molar-refractivity contribution in [3.05, 3.63) is 46.9 Å². The molecule has 0 unspecified atom stereocenters. The van der Waals surface area contributed by atoms with Gasteiger partial charge in [-0.25, -0.2) is 4.98 Å². The molecule has 0 fully saturated rings. The first-order valence-corrected chi connectivity index (χ1v) is 7.78. The van der Waals surface area contributed by atoms with Gasteiger partial charge in [0.1, 0.15) is 0 Å². The second-order valence-corrected chi connectivity index (χ2v) is 5.65. The van der Waals surface area contributed by atoms with Gasteiger partial charge in [-0.1, -0.05) is 20.8 Å². The Bertz CT molecular complexity index is 626. The standard InChI is InChI=1S/C17H21ClN2O/c1-5-14-16(7-6-12(4)19-14)21-17-9-13(10-18)8-15(20-17)11(2)3/h6-9,11H,5,10H2,1-4H3. The van der Waals surface area contributed by atoms with Crippen molar-refractivity contribution in [2.24, 2.45) is 0 Å². The van der Waals surface area contributed by atoms with Crippen LogP contribution >= 0.6 is 11.6 Å². The van der Waals surface area contributed by atoms with E-state index in [0.717, 1.165) is 34.8 Å². The molecule has 2 aromatic rings. The van der Waals surface area contributed by atoms with Crippen molar-refractivity contribution in [1.82, 2.24) is 9.97 Å². The molecule has 0 aliphatic rings. The number of alkyl halides is 1. The molecular weight excluding hydrogens is 284 g/mol. The van der Waals surface area contributed by atoms with Crippen molar-refractivity contribution in [1.29, 1.82) is 0 Å². The minimum absolute atomic E-state index is 0.331. The Balaban J connectivity index is 2.37. The van der Waals surface area contributed by atoms with Crippen molar-refractivity contribution in [3.63, 3.8) is 0 Å². The van der Waals surface area contributed by atoms with Crippen LogP contribution in [0.5, 0.6) is 11.6 Å². The highest BCUT2D eigenvalue weighted by Crippen LogP contribution is 2.27. The van der Waals surface area contributed by atoms with Gasteiger partial charge >= 0.3 is 0 Å². The van der Waals surface area contributed by atoms with Crippen molar-refractivity contribution in [3.8, 4) is 11.6 Å². The van der Waals surface area contributed by atoms with Crippen LogP contribution in [0.25, 0.3) is 0 Å². The molecule has 0 bridgehead atoms. The van der Waals surface area contributed by atoms with Crippen LogP contribution in [-0.4, -0.2) is 9.97 Å². The molecule has 0 amide bonds. The Hall–Kier alpha value is -1.61. The molecule has 21 heavy (non-hydrogen) atoms. The van der Waals surface area contributed by atoms with Gasteiger partial charge in [0.15, 0.2) is 5.75 Å².